The second-order valence-corrected chi connectivity index (χ2v) is 6.56. The van der Waals surface area contributed by atoms with Crippen molar-refractivity contribution in [2.45, 2.75) is 37.2 Å². The van der Waals surface area contributed by atoms with Gasteiger partial charge in [0.05, 0.1) is 10.3 Å². The van der Waals surface area contributed by atoms with Crippen molar-refractivity contribution < 1.29 is 4.74 Å². The van der Waals surface area contributed by atoms with Gasteiger partial charge in [0, 0.05) is 32.6 Å². The minimum absolute atomic E-state index is 0.0780. The topological polar surface area (TPSA) is 83.5 Å². The van der Waals surface area contributed by atoms with Gasteiger partial charge < -0.3 is 15.5 Å². The molecular weight excluding hydrogens is 324 g/mol. The summed E-state index contributed by atoms with van der Waals surface area (Å²) < 4.78 is 8.74. The lowest BCUT2D eigenvalue weighted by Crippen LogP contribution is -2.37. The van der Waals surface area contributed by atoms with Crippen molar-refractivity contribution >= 4 is 29.5 Å². The molecule has 1 heterocycles. The number of hydrogen-bond acceptors (Lipinski definition) is 6. The highest BCUT2D eigenvalue weighted by Gasteiger charge is 2.25. The number of ether oxygens (including phenoxy) is 1. The lowest BCUT2D eigenvalue weighted by Gasteiger charge is -2.21. The summed E-state index contributed by atoms with van der Waals surface area (Å²) in [5, 5.41) is 8.08. The van der Waals surface area contributed by atoms with E-state index in [1.54, 1.807) is 26.6 Å². The molecule has 1 saturated carbocycles. The summed E-state index contributed by atoms with van der Waals surface area (Å²) in [5.41, 5.74) is 2.78. The Hall–Kier alpha value is -1.25. The van der Waals surface area contributed by atoms with Crippen LogP contribution in [0, 0.1) is 0 Å². The normalized spacial score (nSPS) is 17.7. The fourth-order valence-corrected chi connectivity index (χ4v) is 2.66. The Morgan fingerprint density at radius 1 is 1.45 bits per heavy atom. The maximum Gasteiger partial charge on any atom is 0.223 e. The summed E-state index contributed by atoms with van der Waals surface area (Å²) in [4.78, 5) is 8.45. The van der Waals surface area contributed by atoms with Crippen molar-refractivity contribution in [3.05, 3.63) is 23.2 Å². The molecule has 1 fully saturated rings. The molecule has 1 aliphatic rings. The van der Waals surface area contributed by atoms with Gasteiger partial charge in [-0.1, -0.05) is 11.6 Å². The average Bonchev–Trinajstić information content (AvgIpc) is 3.32. The standard InChI is InChI=1S/C13H21ClN6OS/c1-8(11(21-3)12-16-6-9(14)7-17-12)22-20-13(19-15-2)18-10-4-5-10/h6-8,10-11,15H,4-5H2,1-3H3,(H2,18,19,20). The number of nitrogens with one attached hydrogen (secondary N) is 3. The third-order valence-corrected chi connectivity index (χ3v) is 4.18. The van der Waals surface area contributed by atoms with E-state index < -0.39 is 0 Å². The van der Waals surface area contributed by atoms with Crippen LogP contribution in [0.1, 0.15) is 31.7 Å². The van der Waals surface area contributed by atoms with Crippen LogP contribution >= 0.6 is 23.5 Å². The average molecular weight is 345 g/mol. The summed E-state index contributed by atoms with van der Waals surface area (Å²) in [6, 6.07) is 0.522. The number of methoxy groups -OCH3 is 1. The lowest BCUT2D eigenvalue weighted by molar-refractivity contribution is 0.0971. The highest BCUT2D eigenvalue weighted by molar-refractivity contribution is 7.98. The SMILES string of the molecule is CN/N=C(/NSC(C)C(OC)c1ncc(Cl)cn1)NC1CC1. The summed E-state index contributed by atoms with van der Waals surface area (Å²) in [7, 11) is 3.41. The van der Waals surface area contributed by atoms with Gasteiger partial charge in [0.15, 0.2) is 5.82 Å². The summed E-state index contributed by atoms with van der Waals surface area (Å²) in [5.74, 6) is 1.32. The number of aromatic nitrogens is 2. The Morgan fingerprint density at radius 2 is 2.14 bits per heavy atom. The first-order valence-corrected chi connectivity index (χ1v) is 8.32. The molecule has 1 aromatic rings. The lowest BCUT2D eigenvalue weighted by atomic mass is 10.2. The van der Waals surface area contributed by atoms with Crippen molar-refractivity contribution in [2.75, 3.05) is 14.2 Å². The molecule has 22 heavy (non-hydrogen) atoms. The molecule has 2 rings (SSSR count). The van der Waals surface area contributed by atoms with Crippen LogP contribution in [0.25, 0.3) is 0 Å². The molecule has 2 unspecified atom stereocenters. The zero-order valence-electron chi connectivity index (χ0n) is 12.8. The van der Waals surface area contributed by atoms with Gasteiger partial charge in [0.1, 0.15) is 6.10 Å². The number of nitrogens with zero attached hydrogens (tertiary/aromatic N) is 3. The van der Waals surface area contributed by atoms with Crippen LogP contribution in [0.3, 0.4) is 0 Å². The predicted molar refractivity (Wildman–Crippen MR) is 89.6 cm³/mol. The molecule has 0 aliphatic heterocycles. The van der Waals surface area contributed by atoms with Crippen molar-refractivity contribution in [1.82, 2.24) is 25.4 Å². The fourth-order valence-electron chi connectivity index (χ4n) is 1.80. The van der Waals surface area contributed by atoms with Crippen molar-refractivity contribution in [2.24, 2.45) is 5.10 Å². The minimum Gasteiger partial charge on any atom is -0.372 e. The van der Waals surface area contributed by atoms with Gasteiger partial charge in [-0.15, -0.1) is 5.10 Å². The highest BCUT2D eigenvalue weighted by atomic mass is 35.5. The van der Waals surface area contributed by atoms with E-state index in [2.05, 4.69) is 30.5 Å². The zero-order valence-corrected chi connectivity index (χ0v) is 14.4. The minimum atomic E-state index is -0.244. The van der Waals surface area contributed by atoms with E-state index in [1.165, 1.54) is 24.8 Å². The van der Waals surface area contributed by atoms with Crippen LogP contribution in [-0.4, -0.2) is 41.4 Å². The molecule has 0 bridgehead atoms. The van der Waals surface area contributed by atoms with Gasteiger partial charge >= 0.3 is 0 Å². The zero-order chi connectivity index (χ0) is 15.9. The van der Waals surface area contributed by atoms with Gasteiger partial charge in [-0.2, -0.15) is 0 Å². The number of hydrazone groups is 1. The van der Waals surface area contributed by atoms with Crippen LogP contribution in [0.15, 0.2) is 17.5 Å². The Morgan fingerprint density at radius 3 is 2.68 bits per heavy atom. The molecule has 1 aromatic heterocycles. The van der Waals surface area contributed by atoms with E-state index in [0.29, 0.717) is 22.8 Å². The van der Waals surface area contributed by atoms with Gasteiger partial charge in [-0.05, 0) is 31.7 Å². The van der Waals surface area contributed by atoms with Crippen LogP contribution in [0.4, 0.5) is 0 Å². The van der Waals surface area contributed by atoms with E-state index in [-0.39, 0.29) is 11.4 Å². The molecular formula is C13H21ClN6OS. The van der Waals surface area contributed by atoms with E-state index >= 15 is 0 Å². The highest BCUT2D eigenvalue weighted by Crippen LogP contribution is 2.26. The van der Waals surface area contributed by atoms with Gasteiger partial charge in [-0.3, -0.25) is 4.72 Å². The Bertz CT molecular complexity index is 496. The van der Waals surface area contributed by atoms with E-state index in [0.717, 1.165) is 0 Å². The number of guanidine groups is 1. The van der Waals surface area contributed by atoms with Gasteiger partial charge in [-0.25, -0.2) is 9.97 Å². The smallest absolute Gasteiger partial charge is 0.223 e. The molecule has 0 amide bonds. The maximum atomic E-state index is 5.82. The second-order valence-electron chi connectivity index (χ2n) is 4.94. The Labute approximate surface area is 139 Å². The second kappa shape index (κ2) is 8.40. The quantitative estimate of drug-likeness (QED) is 0.300. The third kappa shape index (κ3) is 5.19. The van der Waals surface area contributed by atoms with E-state index in [4.69, 9.17) is 16.3 Å². The molecule has 9 heteroatoms. The van der Waals surface area contributed by atoms with Crippen LogP contribution in [0.5, 0.6) is 0 Å². The van der Waals surface area contributed by atoms with Crippen molar-refractivity contribution in [3.8, 4) is 0 Å². The van der Waals surface area contributed by atoms with E-state index in [9.17, 15) is 0 Å². The number of rotatable bonds is 7. The van der Waals surface area contributed by atoms with Crippen molar-refractivity contribution in [3.63, 3.8) is 0 Å². The molecule has 7 nitrogen and oxygen atoms in total. The third-order valence-electron chi connectivity index (χ3n) is 3.06. The van der Waals surface area contributed by atoms with Crippen LogP contribution < -0.4 is 15.5 Å². The Kier molecular flexibility index (Phi) is 6.53. The van der Waals surface area contributed by atoms with Gasteiger partial charge in [0.2, 0.25) is 5.96 Å². The Balaban J connectivity index is 1.91. The van der Waals surface area contributed by atoms with Crippen molar-refractivity contribution in [1.29, 1.82) is 0 Å². The molecule has 122 valence electrons. The molecule has 0 aromatic carbocycles. The number of hydrogen-bond donors (Lipinski definition) is 3. The number of halogens is 1. The first-order valence-electron chi connectivity index (χ1n) is 7.07. The summed E-state index contributed by atoms with van der Waals surface area (Å²) in [6.07, 6.45) is 5.27. The molecule has 0 saturated heterocycles. The van der Waals surface area contributed by atoms with Gasteiger partial charge in [0.25, 0.3) is 0 Å². The molecule has 0 radical (unpaired) electrons. The first kappa shape index (κ1) is 17.1. The molecule has 3 N–H and O–H groups in total. The monoisotopic (exact) mass is 344 g/mol. The largest absolute Gasteiger partial charge is 0.372 e. The first-order chi connectivity index (χ1) is 10.6. The summed E-state index contributed by atoms with van der Waals surface area (Å²) in [6.45, 7) is 2.04. The summed E-state index contributed by atoms with van der Waals surface area (Å²) >= 11 is 7.32. The molecule has 0 spiro atoms. The fraction of sp³-hybridized carbons (Fsp3) is 0.615. The van der Waals surface area contributed by atoms with Crippen LogP contribution in [0.2, 0.25) is 5.02 Å². The van der Waals surface area contributed by atoms with E-state index in [1.807, 2.05) is 6.92 Å². The maximum absolute atomic E-state index is 5.82. The van der Waals surface area contributed by atoms with Crippen LogP contribution in [-0.2, 0) is 4.74 Å². The molecule has 1 aliphatic carbocycles. The molecule has 2 atom stereocenters. The predicted octanol–water partition coefficient (Wildman–Crippen LogP) is 1.69.